The number of sulfonamides is 1. The number of rotatable bonds is 13. The average Bonchev–Trinajstić information content (AvgIpc) is 2.93. The number of hydrogen-bond donors (Lipinski definition) is 1. The van der Waals surface area contributed by atoms with Crippen LogP contribution in [0.4, 0.5) is 5.69 Å². The van der Waals surface area contributed by atoms with Crippen LogP contribution in [-0.4, -0.2) is 57.6 Å². The third-order valence-electron chi connectivity index (χ3n) is 6.19. The summed E-state index contributed by atoms with van der Waals surface area (Å²) in [6, 6.07) is 19.9. The Bertz CT molecular complexity index is 1400. The summed E-state index contributed by atoms with van der Waals surface area (Å²) in [5, 5.41) is 3.63. The van der Waals surface area contributed by atoms with E-state index in [4.69, 9.17) is 27.9 Å². The van der Waals surface area contributed by atoms with Crippen molar-refractivity contribution in [1.82, 2.24) is 10.2 Å². The molecule has 0 spiro atoms. The molecule has 3 aromatic rings. The Morgan fingerprint density at radius 2 is 1.65 bits per heavy atom. The zero-order valence-corrected chi connectivity index (χ0v) is 25.0. The summed E-state index contributed by atoms with van der Waals surface area (Å²) in [7, 11) is -2.46. The van der Waals surface area contributed by atoms with Crippen LogP contribution in [0.2, 0.25) is 10.0 Å². The lowest BCUT2D eigenvalue weighted by atomic mass is 10.0. The van der Waals surface area contributed by atoms with Gasteiger partial charge in [0, 0.05) is 24.5 Å². The lowest BCUT2D eigenvalue weighted by Gasteiger charge is -2.33. The SMILES string of the molecule is CCCNC(=O)[C@H](Cc1ccccc1)N(Cc1ccc(Cl)cc1)C(=O)CN(c1ccc(OC)c(Cl)c1)S(C)(=O)=O. The topological polar surface area (TPSA) is 96.0 Å². The van der Waals surface area contributed by atoms with Crippen molar-refractivity contribution in [1.29, 1.82) is 0 Å². The van der Waals surface area contributed by atoms with Crippen LogP contribution in [0.1, 0.15) is 24.5 Å². The average molecular weight is 607 g/mol. The summed E-state index contributed by atoms with van der Waals surface area (Å²) in [4.78, 5) is 28.9. The number of anilines is 1. The van der Waals surface area contributed by atoms with E-state index in [1.165, 1.54) is 30.2 Å². The Morgan fingerprint density at radius 3 is 2.23 bits per heavy atom. The van der Waals surface area contributed by atoms with E-state index in [2.05, 4.69) is 5.32 Å². The second-order valence-electron chi connectivity index (χ2n) is 9.23. The third-order valence-corrected chi connectivity index (χ3v) is 7.88. The van der Waals surface area contributed by atoms with E-state index in [0.29, 0.717) is 17.3 Å². The number of nitrogens with one attached hydrogen (secondary N) is 1. The fourth-order valence-electron chi connectivity index (χ4n) is 4.13. The molecular formula is C29H33Cl2N3O5S. The number of hydrogen-bond acceptors (Lipinski definition) is 5. The van der Waals surface area contributed by atoms with Gasteiger partial charge in [0.05, 0.1) is 24.1 Å². The molecule has 0 saturated carbocycles. The number of nitrogens with zero attached hydrogens (tertiary/aromatic N) is 2. The van der Waals surface area contributed by atoms with E-state index in [1.807, 2.05) is 37.3 Å². The molecule has 3 aromatic carbocycles. The van der Waals surface area contributed by atoms with Crippen molar-refractivity contribution in [3.63, 3.8) is 0 Å². The smallest absolute Gasteiger partial charge is 0.244 e. The maximum Gasteiger partial charge on any atom is 0.244 e. The molecule has 11 heteroatoms. The maximum absolute atomic E-state index is 14.0. The first-order valence-electron chi connectivity index (χ1n) is 12.7. The number of ether oxygens (including phenoxy) is 1. The highest BCUT2D eigenvalue weighted by molar-refractivity contribution is 7.92. The lowest BCUT2D eigenvalue weighted by Crippen LogP contribution is -2.53. The van der Waals surface area contributed by atoms with Crippen LogP contribution in [0.3, 0.4) is 0 Å². The molecule has 0 aliphatic rings. The fraction of sp³-hybridized carbons (Fsp3) is 0.310. The van der Waals surface area contributed by atoms with Crippen molar-refractivity contribution in [2.24, 2.45) is 0 Å². The quantitative estimate of drug-likeness (QED) is 0.298. The predicted molar refractivity (Wildman–Crippen MR) is 159 cm³/mol. The molecule has 40 heavy (non-hydrogen) atoms. The predicted octanol–water partition coefficient (Wildman–Crippen LogP) is 4.93. The minimum atomic E-state index is -3.91. The van der Waals surface area contributed by atoms with Gasteiger partial charge in [-0.25, -0.2) is 8.42 Å². The van der Waals surface area contributed by atoms with Crippen LogP contribution in [0.5, 0.6) is 5.75 Å². The molecule has 0 aliphatic heterocycles. The summed E-state index contributed by atoms with van der Waals surface area (Å²) < 4.78 is 31.9. The van der Waals surface area contributed by atoms with Gasteiger partial charge in [-0.1, -0.05) is 72.6 Å². The number of carbonyl (C=O) groups excluding carboxylic acids is 2. The molecule has 0 aliphatic carbocycles. The zero-order valence-electron chi connectivity index (χ0n) is 22.6. The number of carbonyl (C=O) groups is 2. The van der Waals surface area contributed by atoms with Crippen LogP contribution in [0.15, 0.2) is 72.8 Å². The minimum Gasteiger partial charge on any atom is -0.495 e. The Hall–Kier alpha value is -3.27. The van der Waals surface area contributed by atoms with Crippen LogP contribution in [0.25, 0.3) is 0 Å². The van der Waals surface area contributed by atoms with Gasteiger partial charge in [0.25, 0.3) is 0 Å². The standard InChI is InChI=1S/C29H33Cl2N3O5S/c1-4-16-32-29(36)26(17-21-8-6-5-7-9-21)33(19-22-10-12-23(30)13-11-22)28(35)20-34(40(3,37)38)24-14-15-27(39-2)25(31)18-24/h5-15,18,26H,4,16-17,19-20H2,1-3H3,(H,32,36)/t26-/m0/s1. The van der Waals surface area contributed by atoms with E-state index in [0.717, 1.165) is 28.1 Å². The van der Waals surface area contributed by atoms with Crippen LogP contribution >= 0.6 is 23.2 Å². The maximum atomic E-state index is 14.0. The summed E-state index contributed by atoms with van der Waals surface area (Å²) in [6.45, 7) is 1.90. The second kappa shape index (κ2) is 14.4. The van der Waals surface area contributed by atoms with Gasteiger partial charge in [-0.15, -0.1) is 0 Å². The number of methoxy groups -OCH3 is 1. The zero-order chi connectivity index (χ0) is 29.3. The Balaban J connectivity index is 2.04. The summed E-state index contributed by atoms with van der Waals surface area (Å²) in [6.07, 6.45) is 1.97. The molecular weight excluding hydrogens is 573 g/mol. The first kappa shape index (κ1) is 31.3. The number of benzene rings is 3. The van der Waals surface area contributed by atoms with Crippen molar-refractivity contribution in [2.75, 3.05) is 30.8 Å². The molecule has 0 aromatic heterocycles. The van der Waals surface area contributed by atoms with E-state index in [-0.39, 0.29) is 29.6 Å². The van der Waals surface area contributed by atoms with Crippen molar-refractivity contribution < 1.29 is 22.7 Å². The first-order valence-corrected chi connectivity index (χ1v) is 15.3. The fourth-order valence-corrected chi connectivity index (χ4v) is 5.35. The van der Waals surface area contributed by atoms with Gasteiger partial charge in [0.15, 0.2) is 0 Å². The molecule has 1 N–H and O–H groups in total. The minimum absolute atomic E-state index is 0.0635. The van der Waals surface area contributed by atoms with Gasteiger partial charge in [-0.05, 0) is 47.9 Å². The van der Waals surface area contributed by atoms with Crippen LogP contribution < -0.4 is 14.4 Å². The summed E-state index contributed by atoms with van der Waals surface area (Å²) in [5.41, 5.74) is 1.79. The highest BCUT2D eigenvalue weighted by atomic mass is 35.5. The highest BCUT2D eigenvalue weighted by Crippen LogP contribution is 2.30. The lowest BCUT2D eigenvalue weighted by molar-refractivity contribution is -0.140. The third kappa shape index (κ3) is 8.61. The summed E-state index contributed by atoms with van der Waals surface area (Å²) >= 11 is 12.3. The molecule has 8 nitrogen and oxygen atoms in total. The molecule has 0 unspecified atom stereocenters. The van der Waals surface area contributed by atoms with Gasteiger partial charge in [-0.3, -0.25) is 13.9 Å². The Kier molecular flexibility index (Phi) is 11.2. The Morgan fingerprint density at radius 1 is 0.975 bits per heavy atom. The van der Waals surface area contributed by atoms with E-state index in [9.17, 15) is 18.0 Å². The monoisotopic (exact) mass is 605 g/mol. The number of amides is 2. The Labute approximate surface area is 245 Å². The first-order chi connectivity index (χ1) is 19.0. The molecule has 214 valence electrons. The van der Waals surface area contributed by atoms with Crippen molar-refractivity contribution >= 4 is 50.7 Å². The molecule has 0 fully saturated rings. The van der Waals surface area contributed by atoms with Crippen molar-refractivity contribution in [3.05, 3.63) is 94.0 Å². The van der Waals surface area contributed by atoms with Crippen molar-refractivity contribution in [3.8, 4) is 5.75 Å². The normalized spacial score (nSPS) is 11.9. The number of halogens is 2. The van der Waals surface area contributed by atoms with Gasteiger partial charge < -0.3 is 15.0 Å². The van der Waals surface area contributed by atoms with Gasteiger partial charge in [0.2, 0.25) is 21.8 Å². The van der Waals surface area contributed by atoms with E-state index < -0.39 is 28.5 Å². The molecule has 0 heterocycles. The second-order valence-corrected chi connectivity index (χ2v) is 12.0. The molecule has 1 atom stereocenters. The van der Waals surface area contributed by atoms with Gasteiger partial charge >= 0.3 is 0 Å². The molecule has 0 radical (unpaired) electrons. The van der Waals surface area contributed by atoms with E-state index in [1.54, 1.807) is 24.3 Å². The van der Waals surface area contributed by atoms with Crippen molar-refractivity contribution in [2.45, 2.75) is 32.4 Å². The molecule has 0 saturated heterocycles. The molecule has 3 rings (SSSR count). The largest absolute Gasteiger partial charge is 0.495 e. The van der Waals surface area contributed by atoms with Crippen LogP contribution in [0, 0.1) is 0 Å². The van der Waals surface area contributed by atoms with E-state index >= 15 is 0 Å². The molecule has 2 amide bonds. The summed E-state index contributed by atoms with van der Waals surface area (Å²) in [5.74, 6) is -0.517. The van der Waals surface area contributed by atoms with Crippen LogP contribution in [-0.2, 0) is 32.6 Å². The molecule has 0 bridgehead atoms. The van der Waals surface area contributed by atoms with Gasteiger partial charge in [0.1, 0.15) is 18.3 Å². The van der Waals surface area contributed by atoms with Gasteiger partial charge in [-0.2, -0.15) is 0 Å². The highest BCUT2D eigenvalue weighted by Gasteiger charge is 2.33.